The van der Waals surface area contributed by atoms with E-state index in [2.05, 4.69) is 6.92 Å². The number of aliphatic hydroxyl groups excluding tert-OH is 2. The number of rotatable bonds is 2. The van der Waals surface area contributed by atoms with E-state index in [-0.39, 0.29) is 30.0 Å². The van der Waals surface area contributed by atoms with Crippen molar-refractivity contribution in [1.82, 2.24) is 0 Å². The van der Waals surface area contributed by atoms with E-state index in [1.54, 1.807) is 26.0 Å². The molecule has 5 rings (SSSR count). The summed E-state index contributed by atoms with van der Waals surface area (Å²) in [7, 11) is 0. The molecule has 3 N–H and O–H groups in total. The van der Waals surface area contributed by atoms with Crippen LogP contribution >= 0.6 is 0 Å². The lowest BCUT2D eigenvalue weighted by atomic mass is 9.46. The highest BCUT2D eigenvalue weighted by Gasteiger charge is 2.77. The van der Waals surface area contributed by atoms with E-state index >= 15 is 0 Å². The Bertz CT molecular complexity index is 904. The fraction of sp³-hybridized carbons (Fsp3) is 0.750. The lowest BCUT2D eigenvalue weighted by Crippen LogP contribution is -2.65. The molecule has 7 nitrogen and oxygen atoms in total. The summed E-state index contributed by atoms with van der Waals surface area (Å²) in [6.45, 7) is 7.49. The average molecular weight is 433 g/mol. The number of hydrogen-bond donors (Lipinski definition) is 3. The molecule has 0 amide bonds. The highest BCUT2D eigenvalue weighted by molar-refractivity contribution is 6.01. The molecule has 0 aromatic heterocycles. The molecule has 0 aromatic rings. The Kier molecular flexibility index (Phi) is 4.40. The van der Waals surface area contributed by atoms with Crippen LogP contribution in [-0.4, -0.2) is 56.8 Å². The number of ketones is 2. The van der Waals surface area contributed by atoms with Crippen molar-refractivity contribution in [3.8, 4) is 0 Å². The number of Topliss-reactive ketones (excluding diaryl/α,β-unsaturated/α-hetero) is 1. The monoisotopic (exact) mass is 432 g/mol. The number of ether oxygens (including phenoxy) is 2. The summed E-state index contributed by atoms with van der Waals surface area (Å²) < 4.78 is 12.4. The van der Waals surface area contributed by atoms with Crippen LogP contribution in [0.15, 0.2) is 23.8 Å². The molecule has 1 aliphatic heterocycles. The van der Waals surface area contributed by atoms with E-state index < -0.39 is 46.5 Å². The molecule has 1 saturated heterocycles. The predicted molar refractivity (Wildman–Crippen MR) is 109 cm³/mol. The van der Waals surface area contributed by atoms with Crippen molar-refractivity contribution in [2.24, 2.45) is 28.6 Å². The first kappa shape index (κ1) is 21.5. The SMILES string of the molecule is CC1(C)O[C@@H]2CC3[C@@H]4CCC5=CC(=O)C=C[C@]5(C)[C@H]4[C@@H](O)C[C@]3(C)[C@]2(C(=O)C(O)O)O1. The Balaban J connectivity index is 1.60. The summed E-state index contributed by atoms with van der Waals surface area (Å²) in [6, 6.07) is 0. The second-order valence-corrected chi connectivity index (χ2v) is 11.0. The Hall–Kier alpha value is -1.38. The summed E-state index contributed by atoms with van der Waals surface area (Å²) in [5.74, 6) is -1.82. The molecule has 8 atom stereocenters. The van der Waals surface area contributed by atoms with Gasteiger partial charge in [0.15, 0.2) is 17.2 Å². The van der Waals surface area contributed by atoms with Crippen LogP contribution in [0.3, 0.4) is 0 Å². The highest BCUT2D eigenvalue weighted by Crippen LogP contribution is 2.70. The minimum absolute atomic E-state index is 0.00843. The summed E-state index contributed by atoms with van der Waals surface area (Å²) in [5.41, 5.74) is -1.67. The molecule has 0 bridgehead atoms. The summed E-state index contributed by atoms with van der Waals surface area (Å²) in [5, 5.41) is 31.2. The molecule has 31 heavy (non-hydrogen) atoms. The zero-order valence-electron chi connectivity index (χ0n) is 18.5. The fourth-order valence-corrected chi connectivity index (χ4v) is 8.05. The third-order valence-electron chi connectivity index (χ3n) is 9.09. The van der Waals surface area contributed by atoms with Gasteiger partial charge in [0, 0.05) is 16.7 Å². The van der Waals surface area contributed by atoms with Gasteiger partial charge in [-0.2, -0.15) is 0 Å². The van der Waals surface area contributed by atoms with E-state index in [0.29, 0.717) is 6.42 Å². The van der Waals surface area contributed by atoms with Crippen LogP contribution in [0.25, 0.3) is 0 Å². The molecular weight excluding hydrogens is 400 g/mol. The second-order valence-electron chi connectivity index (χ2n) is 11.0. The Morgan fingerprint density at radius 3 is 2.61 bits per heavy atom. The number of aliphatic hydroxyl groups is 3. The van der Waals surface area contributed by atoms with Crippen LogP contribution in [0.1, 0.15) is 53.4 Å². The van der Waals surface area contributed by atoms with Gasteiger partial charge in [0.2, 0.25) is 12.1 Å². The zero-order valence-corrected chi connectivity index (χ0v) is 18.5. The first-order valence-corrected chi connectivity index (χ1v) is 11.3. The molecule has 1 unspecified atom stereocenters. The molecule has 3 saturated carbocycles. The normalized spacial score (nSPS) is 49.9. The van der Waals surface area contributed by atoms with Gasteiger partial charge in [0.25, 0.3) is 0 Å². The highest BCUT2D eigenvalue weighted by atomic mass is 16.8. The summed E-state index contributed by atoms with van der Waals surface area (Å²) >= 11 is 0. The van der Waals surface area contributed by atoms with Gasteiger partial charge in [0.05, 0.1) is 12.2 Å². The predicted octanol–water partition coefficient (Wildman–Crippen LogP) is 1.65. The molecule has 4 aliphatic carbocycles. The zero-order chi connectivity index (χ0) is 22.6. The van der Waals surface area contributed by atoms with Crippen LogP contribution in [0.4, 0.5) is 0 Å². The fourth-order valence-electron chi connectivity index (χ4n) is 8.05. The van der Waals surface area contributed by atoms with Gasteiger partial charge in [0.1, 0.15) is 0 Å². The molecule has 0 radical (unpaired) electrons. The van der Waals surface area contributed by atoms with Gasteiger partial charge in [-0.25, -0.2) is 0 Å². The largest absolute Gasteiger partial charge is 0.393 e. The minimum Gasteiger partial charge on any atom is -0.393 e. The first-order chi connectivity index (χ1) is 14.4. The number of carbonyl (C=O) groups is 2. The maximum absolute atomic E-state index is 13.2. The number of fused-ring (bicyclic) bond motifs is 7. The van der Waals surface area contributed by atoms with Crippen LogP contribution in [0, 0.1) is 28.6 Å². The maximum Gasteiger partial charge on any atom is 0.223 e. The van der Waals surface area contributed by atoms with Crippen molar-refractivity contribution >= 4 is 11.6 Å². The van der Waals surface area contributed by atoms with E-state index in [1.165, 1.54) is 0 Å². The Morgan fingerprint density at radius 1 is 1.23 bits per heavy atom. The number of allylic oxidation sites excluding steroid dienone is 4. The van der Waals surface area contributed by atoms with Gasteiger partial charge in [-0.1, -0.05) is 25.5 Å². The second kappa shape index (κ2) is 6.35. The van der Waals surface area contributed by atoms with Crippen molar-refractivity contribution in [2.75, 3.05) is 0 Å². The van der Waals surface area contributed by atoms with Gasteiger partial charge >= 0.3 is 0 Å². The molecule has 0 aromatic carbocycles. The van der Waals surface area contributed by atoms with Crippen LogP contribution < -0.4 is 0 Å². The molecule has 4 fully saturated rings. The molecule has 0 spiro atoms. The molecule has 170 valence electrons. The minimum atomic E-state index is -2.17. The van der Waals surface area contributed by atoms with Crippen LogP contribution in [-0.2, 0) is 19.1 Å². The lowest BCUT2D eigenvalue weighted by molar-refractivity contribution is -0.232. The number of carbonyl (C=O) groups excluding carboxylic acids is 2. The first-order valence-electron chi connectivity index (χ1n) is 11.3. The van der Waals surface area contributed by atoms with Crippen molar-refractivity contribution in [1.29, 1.82) is 0 Å². The topological polar surface area (TPSA) is 113 Å². The summed E-state index contributed by atoms with van der Waals surface area (Å²) in [6.07, 6.45) is 4.15. The smallest absolute Gasteiger partial charge is 0.223 e. The van der Waals surface area contributed by atoms with Gasteiger partial charge in [-0.05, 0) is 63.5 Å². The van der Waals surface area contributed by atoms with E-state index in [4.69, 9.17) is 9.47 Å². The average Bonchev–Trinajstić information content (AvgIpc) is 3.07. The van der Waals surface area contributed by atoms with Crippen molar-refractivity contribution < 1.29 is 34.4 Å². The Labute approximate surface area is 182 Å². The molecule has 5 aliphatic rings. The van der Waals surface area contributed by atoms with Gasteiger partial charge in [-0.15, -0.1) is 0 Å². The molecular formula is C24H32O7. The maximum atomic E-state index is 13.2. The van der Waals surface area contributed by atoms with Gasteiger partial charge in [-0.3, -0.25) is 9.59 Å². The van der Waals surface area contributed by atoms with Crippen molar-refractivity contribution in [3.05, 3.63) is 23.8 Å². The Morgan fingerprint density at radius 2 is 1.94 bits per heavy atom. The van der Waals surface area contributed by atoms with E-state index in [1.807, 2.05) is 13.0 Å². The van der Waals surface area contributed by atoms with Crippen LogP contribution in [0.2, 0.25) is 0 Å². The lowest BCUT2D eigenvalue weighted by Gasteiger charge is -2.60. The van der Waals surface area contributed by atoms with Gasteiger partial charge < -0.3 is 24.8 Å². The van der Waals surface area contributed by atoms with Crippen LogP contribution in [0.5, 0.6) is 0 Å². The third-order valence-corrected chi connectivity index (χ3v) is 9.09. The van der Waals surface area contributed by atoms with E-state index in [0.717, 1.165) is 18.4 Å². The molecule has 7 heteroatoms. The van der Waals surface area contributed by atoms with Crippen molar-refractivity contribution in [3.63, 3.8) is 0 Å². The van der Waals surface area contributed by atoms with E-state index in [9.17, 15) is 24.9 Å². The molecule has 1 heterocycles. The van der Waals surface area contributed by atoms with Crippen molar-refractivity contribution in [2.45, 2.75) is 83.3 Å². The quantitative estimate of drug-likeness (QED) is 0.569. The standard InChI is InChI=1S/C24H32O7/c1-21(2)30-17-10-15-14-6-5-12-9-13(25)7-8-22(12,3)18(14)16(26)11-23(15,4)24(17,31-21)19(27)20(28)29/h7-9,14-18,20,26,28-29H,5-6,10-11H2,1-4H3/t14-,15?,16-,17+,18+,22-,23-,24-/m0/s1. The summed E-state index contributed by atoms with van der Waals surface area (Å²) in [4.78, 5) is 25.2. The number of hydrogen-bond acceptors (Lipinski definition) is 7. The third kappa shape index (κ3) is 2.58.